The van der Waals surface area contributed by atoms with E-state index in [9.17, 15) is 8.42 Å². The molecule has 0 N–H and O–H groups in total. The first-order valence-electron chi connectivity index (χ1n) is 8.15. The van der Waals surface area contributed by atoms with Crippen molar-refractivity contribution in [1.82, 2.24) is 4.31 Å². The van der Waals surface area contributed by atoms with Crippen LogP contribution in [0.1, 0.15) is 35.6 Å². The van der Waals surface area contributed by atoms with E-state index in [4.69, 9.17) is 4.74 Å². The number of fused-ring (bicyclic) bond motifs is 1. The van der Waals surface area contributed by atoms with Crippen LogP contribution in [0.5, 0.6) is 5.75 Å². The molecule has 4 nitrogen and oxygen atoms in total. The molecule has 0 bridgehead atoms. The van der Waals surface area contributed by atoms with Gasteiger partial charge in [-0.3, -0.25) is 0 Å². The summed E-state index contributed by atoms with van der Waals surface area (Å²) in [5.74, 6) is 0.386. The number of hydrogen-bond donors (Lipinski definition) is 0. The van der Waals surface area contributed by atoms with Crippen molar-refractivity contribution in [2.24, 2.45) is 0 Å². The topological polar surface area (TPSA) is 46.6 Å². The average Bonchev–Trinajstić information content (AvgIpc) is 2.60. The summed E-state index contributed by atoms with van der Waals surface area (Å²) in [4.78, 5) is 0.232. The lowest BCUT2D eigenvalue weighted by molar-refractivity contribution is 0.334. The van der Waals surface area contributed by atoms with Gasteiger partial charge in [-0.05, 0) is 55.0 Å². The predicted octanol–water partition coefficient (Wildman–Crippen LogP) is 3.70. The summed E-state index contributed by atoms with van der Waals surface area (Å²) >= 11 is 0. The first kappa shape index (κ1) is 17.0. The molecule has 0 radical (unpaired) electrons. The molecule has 0 saturated heterocycles. The van der Waals surface area contributed by atoms with Crippen molar-refractivity contribution in [2.45, 2.75) is 37.1 Å². The molecule has 0 spiro atoms. The van der Waals surface area contributed by atoms with Crippen molar-refractivity contribution in [3.8, 4) is 5.75 Å². The van der Waals surface area contributed by atoms with Gasteiger partial charge in [0.2, 0.25) is 10.0 Å². The highest BCUT2D eigenvalue weighted by atomic mass is 32.2. The highest BCUT2D eigenvalue weighted by Crippen LogP contribution is 2.38. The van der Waals surface area contributed by atoms with Crippen LogP contribution in [0.3, 0.4) is 0 Å². The minimum atomic E-state index is -3.64. The summed E-state index contributed by atoms with van der Waals surface area (Å²) < 4.78 is 33.2. The van der Waals surface area contributed by atoms with Gasteiger partial charge in [-0.1, -0.05) is 30.3 Å². The molecule has 0 amide bonds. The quantitative estimate of drug-likeness (QED) is 0.849. The largest absolute Gasteiger partial charge is 0.495 e. The van der Waals surface area contributed by atoms with Gasteiger partial charge >= 0.3 is 0 Å². The third-order valence-corrected chi connectivity index (χ3v) is 6.64. The zero-order chi connectivity index (χ0) is 17.3. The third-order valence-electron chi connectivity index (χ3n) is 4.75. The fourth-order valence-electron chi connectivity index (χ4n) is 3.41. The van der Waals surface area contributed by atoms with Crippen LogP contribution < -0.4 is 4.74 Å². The smallest absolute Gasteiger partial charge is 0.247 e. The lowest BCUT2D eigenvalue weighted by Crippen LogP contribution is -2.33. The van der Waals surface area contributed by atoms with Crippen LogP contribution >= 0.6 is 0 Å². The van der Waals surface area contributed by atoms with Crippen molar-refractivity contribution in [3.63, 3.8) is 0 Å². The Morgan fingerprint density at radius 1 is 1.17 bits per heavy atom. The van der Waals surface area contributed by atoms with Gasteiger partial charge in [0.1, 0.15) is 10.6 Å². The maximum absolute atomic E-state index is 13.2. The van der Waals surface area contributed by atoms with Crippen molar-refractivity contribution in [2.75, 3.05) is 14.2 Å². The van der Waals surface area contributed by atoms with Crippen LogP contribution in [-0.4, -0.2) is 26.9 Å². The van der Waals surface area contributed by atoms with Gasteiger partial charge in [0.05, 0.1) is 7.11 Å². The van der Waals surface area contributed by atoms with Crippen molar-refractivity contribution >= 4 is 10.0 Å². The fraction of sp³-hybridized carbons (Fsp3) is 0.368. The number of sulfonamides is 1. The third kappa shape index (κ3) is 2.94. The van der Waals surface area contributed by atoms with Gasteiger partial charge in [-0.15, -0.1) is 0 Å². The van der Waals surface area contributed by atoms with E-state index in [0.717, 1.165) is 30.4 Å². The Morgan fingerprint density at radius 2 is 1.92 bits per heavy atom. The van der Waals surface area contributed by atoms with E-state index >= 15 is 0 Å². The highest BCUT2D eigenvalue weighted by Gasteiger charge is 2.33. The standard InChI is InChI=1S/C19H23NO3S/c1-14-11-12-18(23-3)19(13-14)24(21,22)20(2)17-10-6-8-15-7-4-5-9-16(15)17/h4-5,7,9,11-13,17H,6,8,10H2,1-3H3/t17-/m0/s1. The highest BCUT2D eigenvalue weighted by molar-refractivity contribution is 7.89. The maximum Gasteiger partial charge on any atom is 0.247 e. The number of rotatable bonds is 4. The normalized spacial score (nSPS) is 17.6. The molecule has 1 atom stereocenters. The zero-order valence-corrected chi connectivity index (χ0v) is 15.1. The molecule has 0 unspecified atom stereocenters. The first-order valence-corrected chi connectivity index (χ1v) is 9.59. The number of aryl methyl sites for hydroxylation is 2. The molecule has 0 fully saturated rings. The predicted molar refractivity (Wildman–Crippen MR) is 94.8 cm³/mol. The molecule has 2 aromatic carbocycles. The van der Waals surface area contributed by atoms with E-state index in [1.165, 1.54) is 17.0 Å². The minimum Gasteiger partial charge on any atom is -0.495 e. The van der Waals surface area contributed by atoms with E-state index in [2.05, 4.69) is 6.07 Å². The second kappa shape index (κ2) is 6.57. The Bertz CT molecular complexity index is 845. The molecule has 0 aliphatic heterocycles. The van der Waals surface area contributed by atoms with Crippen LogP contribution in [0.4, 0.5) is 0 Å². The zero-order valence-electron chi connectivity index (χ0n) is 14.3. The van der Waals surface area contributed by atoms with Gasteiger partial charge in [0.25, 0.3) is 0 Å². The molecule has 24 heavy (non-hydrogen) atoms. The van der Waals surface area contributed by atoms with Gasteiger partial charge in [-0.2, -0.15) is 4.31 Å². The second-order valence-electron chi connectivity index (χ2n) is 6.28. The van der Waals surface area contributed by atoms with Gasteiger partial charge in [0, 0.05) is 13.1 Å². The first-order chi connectivity index (χ1) is 11.4. The number of methoxy groups -OCH3 is 1. The van der Waals surface area contributed by atoms with Crippen LogP contribution in [-0.2, 0) is 16.4 Å². The molecule has 3 rings (SSSR count). The van der Waals surface area contributed by atoms with Crippen LogP contribution in [0.25, 0.3) is 0 Å². The van der Waals surface area contributed by atoms with Crippen LogP contribution in [0.2, 0.25) is 0 Å². The summed E-state index contributed by atoms with van der Waals surface area (Å²) in [6.07, 6.45) is 2.84. The van der Waals surface area contributed by atoms with Crippen LogP contribution in [0.15, 0.2) is 47.4 Å². The Balaban J connectivity index is 2.04. The van der Waals surface area contributed by atoms with Gasteiger partial charge in [-0.25, -0.2) is 8.42 Å². The molecule has 0 heterocycles. The lowest BCUT2D eigenvalue weighted by Gasteiger charge is -2.32. The minimum absolute atomic E-state index is 0.134. The SMILES string of the molecule is COc1ccc(C)cc1S(=O)(=O)N(C)[C@H]1CCCc2ccccc21. The van der Waals surface area contributed by atoms with E-state index in [-0.39, 0.29) is 10.9 Å². The Hall–Kier alpha value is -1.85. The molecule has 1 aliphatic carbocycles. The van der Waals surface area contributed by atoms with E-state index < -0.39 is 10.0 Å². The molecule has 5 heteroatoms. The molecule has 0 aromatic heterocycles. The number of benzene rings is 2. The van der Waals surface area contributed by atoms with E-state index in [0.29, 0.717) is 5.75 Å². The Labute approximate surface area is 144 Å². The molecular weight excluding hydrogens is 322 g/mol. The van der Waals surface area contributed by atoms with E-state index in [1.807, 2.05) is 31.2 Å². The molecule has 128 valence electrons. The molecule has 0 saturated carbocycles. The fourth-order valence-corrected chi connectivity index (χ4v) is 5.02. The van der Waals surface area contributed by atoms with E-state index in [1.54, 1.807) is 19.2 Å². The van der Waals surface area contributed by atoms with Gasteiger partial charge in [0.15, 0.2) is 0 Å². The summed E-state index contributed by atoms with van der Waals surface area (Å²) in [6, 6.07) is 13.2. The summed E-state index contributed by atoms with van der Waals surface area (Å²) in [5.41, 5.74) is 3.25. The molecular formula is C19H23NO3S. The number of ether oxygens (including phenoxy) is 1. The second-order valence-corrected chi connectivity index (χ2v) is 8.25. The summed E-state index contributed by atoms with van der Waals surface area (Å²) in [7, 11) is -0.468. The van der Waals surface area contributed by atoms with Gasteiger partial charge < -0.3 is 4.74 Å². The van der Waals surface area contributed by atoms with Crippen LogP contribution in [0, 0.1) is 6.92 Å². The molecule has 2 aromatic rings. The number of hydrogen-bond acceptors (Lipinski definition) is 3. The van der Waals surface area contributed by atoms with Crippen molar-refractivity contribution in [3.05, 3.63) is 59.2 Å². The maximum atomic E-state index is 13.2. The monoisotopic (exact) mass is 345 g/mol. The summed E-state index contributed by atoms with van der Waals surface area (Å²) in [5, 5.41) is 0. The molecule has 1 aliphatic rings. The lowest BCUT2D eigenvalue weighted by atomic mass is 9.88. The number of nitrogens with zero attached hydrogens (tertiary/aromatic N) is 1. The Kier molecular flexibility index (Phi) is 4.65. The Morgan fingerprint density at radius 3 is 2.67 bits per heavy atom. The van der Waals surface area contributed by atoms with Crippen molar-refractivity contribution in [1.29, 1.82) is 0 Å². The average molecular weight is 345 g/mol. The summed E-state index contributed by atoms with van der Waals surface area (Å²) in [6.45, 7) is 1.88. The van der Waals surface area contributed by atoms with Crippen molar-refractivity contribution < 1.29 is 13.2 Å².